The Kier molecular flexibility index (Phi) is 3.99. The number of thiazole rings is 1. The van der Waals surface area contributed by atoms with Crippen molar-refractivity contribution in [3.63, 3.8) is 0 Å². The minimum atomic E-state index is -0.326. The maximum absolute atomic E-state index is 12.1. The van der Waals surface area contributed by atoms with Gasteiger partial charge in [-0.25, -0.2) is 4.98 Å². The average Bonchev–Trinajstić information content (AvgIpc) is 3.22. The van der Waals surface area contributed by atoms with Crippen LogP contribution in [0.5, 0.6) is 0 Å². The number of nitrogens with one attached hydrogen (secondary N) is 1. The standard InChI is InChI=1S/C16H17N3O3S/c20-14-12-3-1-2-4-13(12)19(6-5-17-14)10-11-9-18-15(23-11)16-21-7-8-22-16/h1-4,9,16H,5-8,10H2,(H,17,20). The quantitative estimate of drug-likeness (QED) is 0.931. The van der Waals surface area contributed by atoms with E-state index in [1.165, 1.54) is 0 Å². The molecule has 1 fully saturated rings. The van der Waals surface area contributed by atoms with E-state index in [1.54, 1.807) is 11.3 Å². The Labute approximate surface area is 138 Å². The van der Waals surface area contributed by atoms with Gasteiger partial charge in [0.2, 0.25) is 6.29 Å². The predicted octanol–water partition coefficient (Wildman–Crippen LogP) is 1.94. The third kappa shape index (κ3) is 2.95. The number of hydrogen-bond donors (Lipinski definition) is 1. The van der Waals surface area contributed by atoms with Gasteiger partial charge in [0.25, 0.3) is 5.91 Å². The molecule has 2 aliphatic rings. The molecule has 1 amide bonds. The first-order valence-corrected chi connectivity index (χ1v) is 8.43. The van der Waals surface area contributed by atoms with Gasteiger partial charge in [-0.3, -0.25) is 4.79 Å². The van der Waals surface area contributed by atoms with E-state index in [1.807, 2.05) is 30.5 Å². The molecule has 1 aromatic carbocycles. The molecule has 0 unspecified atom stereocenters. The van der Waals surface area contributed by atoms with Crippen LogP contribution in [0.1, 0.15) is 26.5 Å². The fraction of sp³-hybridized carbons (Fsp3) is 0.375. The summed E-state index contributed by atoms with van der Waals surface area (Å²) in [5.74, 6) is -0.0131. The number of fused-ring (bicyclic) bond motifs is 1. The number of benzene rings is 1. The Morgan fingerprint density at radius 3 is 3.00 bits per heavy atom. The summed E-state index contributed by atoms with van der Waals surface area (Å²) < 4.78 is 11.0. The number of hydrogen-bond acceptors (Lipinski definition) is 6. The molecule has 7 heteroatoms. The number of ether oxygens (including phenoxy) is 2. The van der Waals surface area contributed by atoms with Gasteiger partial charge in [-0.1, -0.05) is 12.1 Å². The molecule has 1 aromatic heterocycles. The van der Waals surface area contributed by atoms with Gasteiger partial charge >= 0.3 is 0 Å². The molecule has 0 radical (unpaired) electrons. The fourth-order valence-corrected chi connectivity index (χ4v) is 3.75. The molecule has 1 N–H and O–H groups in total. The van der Waals surface area contributed by atoms with E-state index in [-0.39, 0.29) is 12.2 Å². The first-order valence-electron chi connectivity index (χ1n) is 7.61. The number of carbonyl (C=O) groups is 1. The van der Waals surface area contributed by atoms with Crippen molar-refractivity contribution >= 4 is 22.9 Å². The Balaban J connectivity index is 1.56. The minimum Gasteiger partial charge on any atom is -0.364 e. The van der Waals surface area contributed by atoms with E-state index in [9.17, 15) is 4.79 Å². The van der Waals surface area contributed by atoms with E-state index in [0.717, 1.165) is 34.2 Å². The van der Waals surface area contributed by atoms with E-state index in [2.05, 4.69) is 15.2 Å². The number of nitrogens with zero attached hydrogens (tertiary/aromatic N) is 2. The van der Waals surface area contributed by atoms with Crippen LogP contribution in [0.2, 0.25) is 0 Å². The zero-order valence-corrected chi connectivity index (χ0v) is 13.3. The summed E-state index contributed by atoms with van der Waals surface area (Å²) in [6.07, 6.45) is 1.54. The monoisotopic (exact) mass is 331 g/mol. The van der Waals surface area contributed by atoms with Gasteiger partial charge in [0.1, 0.15) is 5.01 Å². The van der Waals surface area contributed by atoms with E-state index < -0.39 is 0 Å². The van der Waals surface area contributed by atoms with Crippen molar-refractivity contribution in [2.24, 2.45) is 0 Å². The van der Waals surface area contributed by atoms with Gasteiger partial charge in [-0.15, -0.1) is 11.3 Å². The minimum absolute atomic E-state index is 0.0131. The topological polar surface area (TPSA) is 63.7 Å². The first kappa shape index (κ1) is 14.6. The molecule has 120 valence electrons. The predicted molar refractivity (Wildman–Crippen MR) is 86.6 cm³/mol. The second-order valence-electron chi connectivity index (χ2n) is 5.43. The number of anilines is 1. The van der Waals surface area contributed by atoms with Gasteiger partial charge in [0.05, 0.1) is 25.3 Å². The van der Waals surface area contributed by atoms with Gasteiger partial charge < -0.3 is 19.7 Å². The number of rotatable bonds is 3. The second-order valence-corrected chi connectivity index (χ2v) is 6.58. The smallest absolute Gasteiger partial charge is 0.253 e. The number of amides is 1. The third-order valence-corrected chi connectivity index (χ3v) is 4.90. The van der Waals surface area contributed by atoms with Crippen LogP contribution in [0.25, 0.3) is 0 Å². The summed E-state index contributed by atoms with van der Waals surface area (Å²) in [4.78, 5) is 19.9. The lowest BCUT2D eigenvalue weighted by Gasteiger charge is -2.23. The zero-order valence-electron chi connectivity index (χ0n) is 12.5. The third-order valence-electron chi connectivity index (χ3n) is 3.90. The van der Waals surface area contributed by atoms with Gasteiger partial charge in [-0.05, 0) is 12.1 Å². The maximum Gasteiger partial charge on any atom is 0.253 e. The number of para-hydroxylation sites is 1. The van der Waals surface area contributed by atoms with Crippen molar-refractivity contribution < 1.29 is 14.3 Å². The molecule has 2 aromatic rings. The van der Waals surface area contributed by atoms with Crippen LogP contribution in [0, 0.1) is 0 Å². The summed E-state index contributed by atoms with van der Waals surface area (Å²) in [7, 11) is 0. The number of carbonyl (C=O) groups excluding carboxylic acids is 1. The molecule has 4 rings (SSSR count). The lowest BCUT2D eigenvalue weighted by molar-refractivity contribution is -0.0442. The van der Waals surface area contributed by atoms with Crippen molar-refractivity contribution in [1.29, 1.82) is 0 Å². The van der Waals surface area contributed by atoms with Crippen LogP contribution >= 0.6 is 11.3 Å². The van der Waals surface area contributed by atoms with Gasteiger partial charge in [-0.2, -0.15) is 0 Å². The molecular formula is C16H17N3O3S. The zero-order chi connectivity index (χ0) is 15.6. The lowest BCUT2D eigenvalue weighted by atomic mass is 10.1. The first-order chi connectivity index (χ1) is 11.3. The normalized spacial score (nSPS) is 18.6. The van der Waals surface area contributed by atoms with Crippen LogP contribution in [0.15, 0.2) is 30.5 Å². The van der Waals surface area contributed by atoms with Crippen molar-refractivity contribution in [1.82, 2.24) is 10.3 Å². The average molecular weight is 331 g/mol. The molecule has 2 aliphatic heterocycles. The highest BCUT2D eigenvalue weighted by atomic mass is 32.1. The van der Waals surface area contributed by atoms with Crippen LogP contribution in [-0.4, -0.2) is 37.2 Å². The molecule has 0 atom stereocenters. The largest absolute Gasteiger partial charge is 0.364 e. The Bertz CT molecular complexity index is 712. The molecule has 0 saturated carbocycles. The number of aromatic nitrogens is 1. The molecule has 0 aliphatic carbocycles. The van der Waals surface area contributed by atoms with Crippen molar-refractivity contribution in [2.75, 3.05) is 31.2 Å². The van der Waals surface area contributed by atoms with E-state index in [0.29, 0.717) is 19.8 Å². The summed E-state index contributed by atoms with van der Waals surface area (Å²) in [5, 5.41) is 3.79. The SMILES string of the molecule is O=C1NCCN(Cc2cnc(C3OCCO3)s2)c2ccccc21. The van der Waals surface area contributed by atoms with Crippen LogP contribution in [0.4, 0.5) is 5.69 Å². The van der Waals surface area contributed by atoms with Crippen LogP contribution < -0.4 is 10.2 Å². The van der Waals surface area contributed by atoms with Gasteiger partial charge in [0, 0.05) is 29.9 Å². The molecule has 23 heavy (non-hydrogen) atoms. The van der Waals surface area contributed by atoms with Crippen molar-refractivity contribution in [3.05, 3.63) is 45.9 Å². The summed E-state index contributed by atoms with van der Waals surface area (Å²) in [6, 6.07) is 7.71. The highest BCUT2D eigenvalue weighted by Gasteiger charge is 2.24. The molecule has 6 nitrogen and oxygen atoms in total. The Morgan fingerprint density at radius 2 is 2.13 bits per heavy atom. The lowest BCUT2D eigenvalue weighted by Crippen LogP contribution is -2.29. The molecule has 3 heterocycles. The van der Waals surface area contributed by atoms with Crippen LogP contribution in [-0.2, 0) is 16.0 Å². The molecule has 1 saturated heterocycles. The fourth-order valence-electron chi connectivity index (χ4n) is 2.82. The molecule has 0 spiro atoms. The molecule has 0 bridgehead atoms. The van der Waals surface area contributed by atoms with Crippen molar-refractivity contribution in [2.45, 2.75) is 12.8 Å². The van der Waals surface area contributed by atoms with Crippen LogP contribution in [0.3, 0.4) is 0 Å². The summed E-state index contributed by atoms with van der Waals surface area (Å²) >= 11 is 1.60. The Morgan fingerprint density at radius 1 is 1.30 bits per heavy atom. The Hall–Kier alpha value is -1.96. The summed E-state index contributed by atoms with van der Waals surface area (Å²) in [5.41, 5.74) is 1.68. The summed E-state index contributed by atoms with van der Waals surface area (Å²) in [6.45, 7) is 3.36. The van der Waals surface area contributed by atoms with E-state index in [4.69, 9.17) is 9.47 Å². The van der Waals surface area contributed by atoms with Gasteiger partial charge in [0.15, 0.2) is 0 Å². The highest BCUT2D eigenvalue weighted by molar-refractivity contribution is 7.11. The maximum atomic E-state index is 12.1. The second kappa shape index (κ2) is 6.27. The molecular weight excluding hydrogens is 314 g/mol. The highest BCUT2D eigenvalue weighted by Crippen LogP contribution is 2.30. The van der Waals surface area contributed by atoms with E-state index >= 15 is 0 Å². The van der Waals surface area contributed by atoms with Crippen molar-refractivity contribution in [3.8, 4) is 0 Å².